The van der Waals surface area contributed by atoms with Gasteiger partial charge in [-0.05, 0) is 13.8 Å². The van der Waals surface area contributed by atoms with Crippen LogP contribution in [0.4, 0.5) is 0 Å². The van der Waals surface area contributed by atoms with Gasteiger partial charge in [0.15, 0.2) is 0 Å². The van der Waals surface area contributed by atoms with Gasteiger partial charge in [0.2, 0.25) is 5.91 Å². The molecule has 1 amide bonds. The van der Waals surface area contributed by atoms with Gasteiger partial charge in [0, 0.05) is 26.2 Å². The quantitative estimate of drug-likeness (QED) is 0.716. The van der Waals surface area contributed by atoms with Crippen LogP contribution in [0.1, 0.15) is 20.3 Å². The molecule has 0 aromatic heterocycles. The average Bonchev–Trinajstić information content (AvgIpc) is 2.20. The maximum Gasteiger partial charge on any atom is 0.304 e. The zero-order valence-corrected chi connectivity index (χ0v) is 9.27. The molecule has 0 aromatic carbocycles. The number of carboxylic acids is 1. The number of nitrogens with zero attached hydrogens (tertiary/aromatic N) is 2. The Balaban J connectivity index is 2.49. The van der Waals surface area contributed by atoms with Crippen molar-refractivity contribution in [2.24, 2.45) is 0 Å². The van der Waals surface area contributed by atoms with E-state index in [0.29, 0.717) is 13.1 Å². The Morgan fingerprint density at radius 2 is 2.20 bits per heavy atom. The summed E-state index contributed by atoms with van der Waals surface area (Å²) in [6.07, 6.45) is 0.101. The minimum Gasteiger partial charge on any atom is -0.481 e. The van der Waals surface area contributed by atoms with Gasteiger partial charge in [0.05, 0.1) is 12.5 Å². The molecule has 0 aromatic rings. The van der Waals surface area contributed by atoms with Crippen molar-refractivity contribution in [2.45, 2.75) is 26.3 Å². The highest BCUT2D eigenvalue weighted by molar-refractivity contribution is 5.82. The number of aliphatic carboxylic acids is 1. The third kappa shape index (κ3) is 2.92. The second kappa shape index (κ2) is 5.11. The van der Waals surface area contributed by atoms with E-state index < -0.39 is 5.97 Å². The summed E-state index contributed by atoms with van der Waals surface area (Å²) in [6.45, 7) is 6.46. The first-order valence-corrected chi connectivity index (χ1v) is 5.31. The van der Waals surface area contributed by atoms with Crippen LogP contribution in [0.3, 0.4) is 0 Å². The monoisotopic (exact) mass is 214 g/mol. The number of amides is 1. The number of likely N-dealkylation sites (N-methyl/N-ethyl adjacent to an activating group) is 1. The minimum atomic E-state index is -0.812. The molecular formula is C10H18N2O3. The Bertz CT molecular complexity index is 255. The Hall–Kier alpha value is -1.10. The number of rotatable bonds is 4. The first-order chi connectivity index (χ1) is 7.06. The number of carbonyl (C=O) groups is 2. The smallest absolute Gasteiger partial charge is 0.304 e. The van der Waals surface area contributed by atoms with Gasteiger partial charge in [0.1, 0.15) is 0 Å². The van der Waals surface area contributed by atoms with E-state index >= 15 is 0 Å². The summed E-state index contributed by atoms with van der Waals surface area (Å²) in [7, 11) is 0. The summed E-state index contributed by atoms with van der Waals surface area (Å²) in [4.78, 5) is 25.9. The van der Waals surface area contributed by atoms with E-state index in [9.17, 15) is 9.59 Å². The molecule has 0 aliphatic carbocycles. The molecule has 1 saturated heterocycles. The Morgan fingerprint density at radius 1 is 1.53 bits per heavy atom. The molecule has 15 heavy (non-hydrogen) atoms. The van der Waals surface area contributed by atoms with Crippen molar-refractivity contribution in [1.29, 1.82) is 0 Å². The van der Waals surface area contributed by atoms with Crippen LogP contribution >= 0.6 is 0 Å². The topological polar surface area (TPSA) is 60.9 Å². The molecule has 0 saturated carbocycles. The van der Waals surface area contributed by atoms with Gasteiger partial charge in [-0.25, -0.2) is 0 Å². The molecule has 0 radical (unpaired) electrons. The summed E-state index contributed by atoms with van der Waals surface area (Å²) in [5, 5.41) is 8.57. The van der Waals surface area contributed by atoms with Crippen LogP contribution < -0.4 is 0 Å². The molecule has 5 nitrogen and oxygen atoms in total. The van der Waals surface area contributed by atoms with Crippen LogP contribution in [0.2, 0.25) is 0 Å². The van der Waals surface area contributed by atoms with E-state index in [1.807, 2.05) is 23.6 Å². The summed E-state index contributed by atoms with van der Waals surface area (Å²) in [5.74, 6) is -0.707. The van der Waals surface area contributed by atoms with Crippen LogP contribution in [-0.2, 0) is 9.59 Å². The Labute approximate surface area is 89.7 Å². The van der Waals surface area contributed by atoms with E-state index in [1.165, 1.54) is 0 Å². The molecule has 1 aliphatic rings. The molecule has 1 N–H and O–H groups in total. The highest BCUT2D eigenvalue weighted by Crippen LogP contribution is 2.11. The first kappa shape index (κ1) is 12.0. The normalized spacial score (nSPS) is 23.2. The van der Waals surface area contributed by atoms with Crippen LogP contribution in [0.25, 0.3) is 0 Å². The number of hydrogen-bond donors (Lipinski definition) is 1. The van der Waals surface area contributed by atoms with Crippen molar-refractivity contribution in [1.82, 2.24) is 9.80 Å². The molecule has 1 heterocycles. The molecule has 86 valence electrons. The predicted octanol–water partition coefficient (Wildman–Crippen LogP) is 0.0137. The van der Waals surface area contributed by atoms with E-state index in [0.717, 1.165) is 13.1 Å². The summed E-state index contributed by atoms with van der Waals surface area (Å²) >= 11 is 0. The van der Waals surface area contributed by atoms with Crippen molar-refractivity contribution in [3.63, 3.8) is 0 Å². The molecule has 1 aliphatic heterocycles. The largest absolute Gasteiger partial charge is 0.481 e. The third-order valence-corrected chi connectivity index (χ3v) is 2.87. The molecule has 0 spiro atoms. The molecular weight excluding hydrogens is 196 g/mol. The summed E-state index contributed by atoms with van der Waals surface area (Å²) in [5.41, 5.74) is 0. The number of piperazine rings is 1. The number of carboxylic acid groups (broad SMARTS) is 1. The van der Waals surface area contributed by atoms with Crippen molar-refractivity contribution in [3.8, 4) is 0 Å². The van der Waals surface area contributed by atoms with Crippen molar-refractivity contribution >= 4 is 11.9 Å². The minimum absolute atomic E-state index is 0.101. The van der Waals surface area contributed by atoms with Gasteiger partial charge in [-0.15, -0.1) is 0 Å². The predicted molar refractivity (Wildman–Crippen MR) is 55.5 cm³/mol. The molecule has 0 bridgehead atoms. The van der Waals surface area contributed by atoms with Gasteiger partial charge < -0.3 is 10.0 Å². The second-order valence-corrected chi connectivity index (χ2v) is 3.77. The molecule has 1 unspecified atom stereocenters. The van der Waals surface area contributed by atoms with Gasteiger partial charge >= 0.3 is 5.97 Å². The van der Waals surface area contributed by atoms with Crippen LogP contribution in [-0.4, -0.2) is 59.0 Å². The maximum absolute atomic E-state index is 11.7. The zero-order chi connectivity index (χ0) is 11.4. The number of carbonyl (C=O) groups excluding carboxylic acids is 1. The van der Waals surface area contributed by atoms with E-state index in [4.69, 9.17) is 5.11 Å². The second-order valence-electron chi connectivity index (χ2n) is 3.77. The van der Waals surface area contributed by atoms with Crippen molar-refractivity contribution < 1.29 is 14.7 Å². The van der Waals surface area contributed by atoms with Crippen LogP contribution in [0, 0.1) is 0 Å². The van der Waals surface area contributed by atoms with E-state index in [1.54, 1.807) is 0 Å². The lowest BCUT2D eigenvalue weighted by Gasteiger charge is -2.38. The lowest BCUT2D eigenvalue weighted by molar-refractivity contribution is -0.143. The lowest BCUT2D eigenvalue weighted by atomic mass is 10.1. The van der Waals surface area contributed by atoms with Gasteiger partial charge in [-0.3, -0.25) is 14.5 Å². The fraction of sp³-hybridized carbons (Fsp3) is 0.800. The van der Waals surface area contributed by atoms with Crippen molar-refractivity contribution in [3.05, 3.63) is 0 Å². The zero-order valence-electron chi connectivity index (χ0n) is 9.27. The molecule has 1 fully saturated rings. The van der Waals surface area contributed by atoms with E-state index in [-0.39, 0.29) is 18.4 Å². The summed E-state index contributed by atoms with van der Waals surface area (Å²) in [6, 6.07) is -0.182. The van der Waals surface area contributed by atoms with E-state index in [2.05, 4.69) is 0 Å². The summed E-state index contributed by atoms with van der Waals surface area (Å²) < 4.78 is 0. The standard InChI is InChI=1S/C10H18N2O3/c1-3-11-6-7-12(5-4-9(13)14)8(2)10(11)15/h8H,3-7H2,1-2H3,(H,13,14). The fourth-order valence-corrected chi connectivity index (χ4v) is 1.83. The van der Waals surface area contributed by atoms with Gasteiger partial charge in [-0.2, -0.15) is 0 Å². The first-order valence-electron chi connectivity index (χ1n) is 5.31. The SMILES string of the molecule is CCN1CCN(CCC(=O)O)C(C)C1=O. The maximum atomic E-state index is 11.7. The lowest BCUT2D eigenvalue weighted by Crippen LogP contribution is -2.55. The van der Waals surface area contributed by atoms with Crippen LogP contribution in [0.5, 0.6) is 0 Å². The fourth-order valence-electron chi connectivity index (χ4n) is 1.83. The highest BCUT2D eigenvalue weighted by atomic mass is 16.4. The average molecular weight is 214 g/mol. The molecule has 1 atom stereocenters. The van der Waals surface area contributed by atoms with Crippen LogP contribution in [0.15, 0.2) is 0 Å². The molecule has 5 heteroatoms. The Morgan fingerprint density at radius 3 is 2.73 bits per heavy atom. The third-order valence-electron chi connectivity index (χ3n) is 2.87. The molecule has 1 rings (SSSR count). The van der Waals surface area contributed by atoms with Gasteiger partial charge in [0.25, 0.3) is 0 Å². The Kier molecular flexibility index (Phi) is 4.08. The van der Waals surface area contributed by atoms with Crippen molar-refractivity contribution in [2.75, 3.05) is 26.2 Å². The number of hydrogen-bond acceptors (Lipinski definition) is 3. The highest BCUT2D eigenvalue weighted by Gasteiger charge is 2.30. The van der Waals surface area contributed by atoms with Gasteiger partial charge in [-0.1, -0.05) is 0 Å².